The summed E-state index contributed by atoms with van der Waals surface area (Å²) in [7, 11) is 0. The van der Waals surface area contributed by atoms with Crippen molar-refractivity contribution in [1.82, 2.24) is 9.78 Å². The maximum absolute atomic E-state index is 9.38. The summed E-state index contributed by atoms with van der Waals surface area (Å²) in [6.07, 6.45) is 0.849. The first-order valence-corrected chi connectivity index (χ1v) is 8.25. The van der Waals surface area contributed by atoms with E-state index >= 15 is 0 Å². The Balaban J connectivity index is 1.97. The van der Waals surface area contributed by atoms with E-state index in [1.54, 1.807) is 22.9 Å². The van der Waals surface area contributed by atoms with E-state index in [0.717, 1.165) is 41.3 Å². The number of fused-ring (bicyclic) bond motifs is 1. The quantitative estimate of drug-likeness (QED) is 0.726. The number of nitrogens with zero attached hydrogens (tertiary/aromatic N) is 3. The standard InChI is InChI=1S/C18H12Cl2N4/c19-12-5-6-15(20)14(9-12)17-13-7-8-22-18(13)24(23-17)16-4-2-1-3-11(16)10-21/h1-6,9,22H,7-8H2. The minimum absolute atomic E-state index is 0.570. The summed E-state index contributed by atoms with van der Waals surface area (Å²) < 4.78 is 1.79. The second-order valence-electron chi connectivity index (χ2n) is 5.52. The van der Waals surface area contributed by atoms with Crippen molar-refractivity contribution in [2.45, 2.75) is 6.42 Å². The maximum atomic E-state index is 9.38. The molecule has 6 heteroatoms. The lowest BCUT2D eigenvalue weighted by Gasteiger charge is -2.08. The highest BCUT2D eigenvalue weighted by molar-refractivity contribution is 6.35. The van der Waals surface area contributed by atoms with Crippen LogP contribution < -0.4 is 5.32 Å². The minimum atomic E-state index is 0.570. The molecule has 1 aliphatic heterocycles. The van der Waals surface area contributed by atoms with Gasteiger partial charge in [-0.3, -0.25) is 0 Å². The number of halogens is 2. The van der Waals surface area contributed by atoms with Crippen molar-refractivity contribution in [2.75, 3.05) is 11.9 Å². The maximum Gasteiger partial charge on any atom is 0.133 e. The molecule has 0 amide bonds. The van der Waals surface area contributed by atoms with E-state index in [1.807, 2.05) is 24.3 Å². The largest absolute Gasteiger partial charge is 0.369 e. The van der Waals surface area contributed by atoms with Gasteiger partial charge in [-0.25, -0.2) is 4.68 Å². The third kappa shape index (κ3) is 2.34. The fourth-order valence-electron chi connectivity index (χ4n) is 3.00. The molecule has 24 heavy (non-hydrogen) atoms. The zero-order chi connectivity index (χ0) is 16.7. The van der Waals surface area contributed by atoms with Crippen molar-refractivity contribution >= 4 is 29.0 Å². The molecule has 0 atom stereocenters. The van der Waals surface area contributed by atoms with Gasteiger partial charge in [0.2, 0.25) is 0 Å². The van der Waals surface area contributed by atoms with Crippen LogP contribution in [0, 0.1) is 11.3 Å². The lowest BCUT2D eigenvalue weighted by atomic mass is 10.1. The fraction of sp³-hybridized carbons (Fsp3) is 0.111. The lowest BCUT2D eigenvalue weighted by molar-refractivity contribution is 0.879. The zero-order valence-corrected chi connectivity index (χ0v) is 14.1. The van der Waals surface area contributed by atoms with E-state index in [4.69, 9.17) is 28.3 Å². The number of benzene rings is 2. The minimum Gasteiger partial charge on any atom is -0.369 e. The molecule has 0 saturated heterocycles. The monoisotopic (exact) mass is 354 g/mol. The molecule has 0 saturated carbocycles. The van der Waals surface area contributed by atoms with Crippen LogP contribution in [-0.2, 0) is 6.42 Å². The molecule has 0 fully saturated rings. The van der Waals surface area contributed by atoms with Gasteiger partial charge < -0.3 is 5.32 Å². The molecule has 0 aliphatic carbocycles. The number of nitriles is 1. The van der Waals surface area contributed by atoms with Gasteiger partial charge in [0.1, 0.15) is 11.9 Å². The highest BCUT2D eigenvalue weighted by atomic mass is 35.5. The van der Waals surface area contributed by atoms with Gasteiger partial charge in [0.15, 0.2) is 0 Å². The Bertz CT molecular complexity index is 985. The molecule has 2 aromatic carbocycles. The topological polar surface area (TPSA) is 53.6 Å². The van der Waals surface area contributed by atoms with E-state index < -0.39 is 0 Å². The first kappa shape index (κ1) is 15.1. The average molecular weight is 355 g/mol. The van der Waals surface area contributed by atoms with Gasteiger partial charge in [0, 0.05) is 22.7 Å². The first-order chi connectivity index (χ1) is 11.7. The van der Waals surface area contributed by atoms with Crippen molar-refractivity contribution in [1.29, 1.82) is 5.26 Å². The number of aromatic nitrogens is 2. The normalized spacial score (nSPS) is 12.5. The van der Waals surface area contributed by atoms with E-state index in [-0.39, 0.29) is 0 Å². The Hall–Kier alpha value is -2.48. The molecule has 0 bridgehead atoms. The lowest BCUT2D eigenvalue weighted by Crippen LogP contribution is -2.05. The van der Waals surface area contributed by atoms with Crippen molar-refractivity contribution in [3.63, 3.8) is 0 Å². The molecular weight excluding hydrogens is 343 g/mol. The summed E-state index contributed by atoms with van der Waals surface area (Å²) in [5.41, 5.74) is 4.01. The molecule has 2 heterocycles. The van der Waals surface area contributed by atoms with Crippen LogP contribution in [0.5, 0.6) is 0 Å². The van der Waals surface area contributed by atoms with Crippen LogP contribution in [0.2, 0.25) is 10.0 Å². The van der Waals surface area contributed by atoms with Crippen LogP contribution in [0.25, 0.3) is 16.9 Å². The number of hydrogen-bond acceptors (Lipinski definition) is 3. The zero-order valence-electron chi connectivity index (χ0n) is 12.6. The summed E-state index contributed by atoms with van der Waals surface area (Å²) >= 11 is 12.5. The second-order valence-corrected chi connectivity index (χ2v) is 6.36. The SMILES string of the molecule is N#Cc1ccccc1-n1nc(-c2cc(Cl)ccc2Cl)c2c1NCC2. The average Bonchev–Trinajstić information content (AvgIpc) is 3.19. The van der Waals surface area contributed by atoms with Crippen LogP contribution >= 0.6 is 23.2 Å². The van der Waals surface area contributed by atoms with Gasteiger partial charge in [-0.05, 0) is 36.8 Å². The number of rotatable bonds is 2. The molecule has 118 valence electrons. The Morgan fingerprint density at radius 2 is 2.00 bits per heavy atom. The van der Waals surface area contributed by atoms with Crippen molar-refractivity contribution < 1.29 is 0 Å². The Morgan fingerprint density at radius 1 is 1.17 bits per heavy atom. The molecule has 4 rings (SSSR count). The predicted octanol–water partition coefficient (Wildman–Crippen LogP) is 4.69. The summed E-state index contributed by atoms with van der Waals surface area (Å²) in [6.45, 7) is 0.826. The molecule has 0 radical (unpaired) electrons. The molecule has 1 aliphatic rings. The van der Waals surface area contributed by atoms with Crippen LogP contribution in [0.15, 0.2) is 42.5 Å². The molecule has 4 nitrogen and oxygen atoms in total. The molecule has 0 unspecified atom stereocenters. The summed E-state index contributed by atoms with van der Waals surface area (Å²) in [4.78, 5) is 0. The van der Waals surface area contributed by atoms with E-state index in [1.165, 1.54) is 0 Å². The van der Waals surface area contributed by atoms with Gasteiger partial charge >= 0.3 is 0 Å². The van der Waals surface area contributed by atoms with Gasteiger partial charge in [-0.1, -0.05) is 35.3 Å². The van der Waals surface area contributed by atoms with Crippen LogP contribution in [0.4, 0.5) is 5.82 Å². The van der Waals surface area contributed by atoms with Gasteiger partial charge in [0.25, 0.3) is 0 Å². The molecular formula is C18H12Cl2N4. The first-order valence-electron chi connectivity index (χ1n) is 7.49. The van der Waals surface area contributed by atoms with E-state index in [2.05, 4.69) is 11.4 Å². The number of anilines is 1. The third-order valence-corrected chi connectivity index (χ3v) is 4.65. The van der Waals surface area contributed by atoms with Crippen LogP contribution in [-0.4, -0.2) is 16.3 Å². The summed E-state index contributed by atoms with van der Waals surface area (Å²) in [5, 5.41) is 18.7. The Kier molecular flexibility index (Phi) is 3.68. The van der Waals surface area contributed by atoms with Crippen LogP contribution in [0.1, 0.15) is 11.1 Å². The van der Waals surface area contributed by atoms with Gasteiger partial charge in [-0.15, -0.1) is 0 Å². The Labute approximate surface area is 149 Å². The third-order valence-electron chi connectivity index (χ3n) is 4.09. The van der Waals surface area contributed by atoms with Crippen molar-refractivity contribution in [2.24, 2.45) is 0 Å². The summed E-state index contributed by atoms with van der Waals surface area (Å²) in [5.74, 6) is 0.906. The molecule has 0 spiro atoms. The number of para-hydroxylation sites is 1. The van der Waals surface area contributed by atoms with Gasteiger partial charge in [-0.2, -0.15) is 10.4 Å². The van der Waals surface area contributed by atoms with Crippen molar-refractivity contribution in [3.05, 3.63) is 63.6 Å². The molecule has 1 aromatic heterocycles. The summed E-state index contributed by atoms with van der Waals surface area (Å²) in [6, 6.07) is 15.0. The fourth-order valence-corrected chi connectivity index (χ4v) is 3.38. The van der Waals surface area contributed by atoms with E-state index in [0.29, 0.717) is 15.6 Å². The van der Waals surface area contributed by atoms with Gasteiger partial charge in [0.05, 0.1) is 22.0 Å². The van der Waals surface area contributed by atoms with E-state index in [9.17, 15) is 5.26 Å². The predicted molar refractivity (Wildman–Crippen MR) is 95.9 cm³/mol. The number of nitrogens with one attached hydrogen (secondary N) is 1. The highest BCUT2D eigenvalue weighted by Gasteiger charge is 2.26. The molecule has 3 aromatic rings. The highest BCUT2D eigenvalue weighted by Crippen LogP contribution is 2.38. The smallest absolute Gasteiger partial charge is 0.133 e. The molecule has 1 N–H and O–H groups in total. The van der Waals surface area contributed by atoms with Crippen LogP contribution in [0.3, 0.4) is 0 Å². The second kappa shape index (κ2) is 5.86. The Morgan fingerprint density at radius 3 is 2.83 bits per heavy atom. The van der Waals surface area contributed by atoms with Crippen molar-refractivity contribution in [3.8, 4) is 23.0 Å². The number of hydrogen-bond donors (Lipinski definition) is 1.